The molecule has 2 saturated heterocycles. The van der Waals surface area contributed by atoms with Gasteiger partial charge in [0.05, 0.1) is 11.8 Å². The molecule has 3 aliphatic rings. The molecule has 3 amide bonds. The minimum Gasteiger partial charge on any atom is -0.341 e. The molecule has 0 aromatic rings. The van der Waals surface area contributed by atoms with Crippen molar-refractivity contribution in [2.45, 2.75) is 32.1 Å². The molecular weight excluding hydrogens is 260 g/mol. The lowest BCUT2D eigenvalue weighted by molar-refractivity contribution is -0.146. The van der Waals surface area contributed by atoms with Crippen LogP contribution in [0.5, 0.6) is 0 Å². The summed E-state index contributed by atoms with van der Waals surface area (Å²) in [6.07, 6.45) is 2.93. The first-order valence-electron chi connectivity index (χ1n) is 7.22. The number of hydrogen-bond acceptors (Lipinski definition) is 4. The number of imide groups is 1. The highest BCUT2D eigenvalue weighted by molar-refractivity contribution is 6.09. The predicted molar refractivity (Wildman–Crippen MR) is 68.4 cm³/mol. The third-order valence-corrected chi connectivity index (χ3v) is 4.59. The Bertz CT molecular complexity index is 482. The monoisotopic (exact) mass is 278 g/mol. The van der Waals surface area contributed by atoms with Gasteiger partial charge in [0.2, 0.25) is 17.7 Å². The van der Waals surface area contributed by atoms with Crippen molar-refractivity contribution in [1.29, 1.82) is 0 Å². The Morgan fingerprint density at radius 3 is 2.40 bits per heavy atom. The number of rotatable bonds is 2. The van der Waals surface area contributed by atoms with E-state index >= 15 is 0 Å². The standard InChI is InChI=1S/C14H18N2O4/c17-9-3-4-10-11(7-9)14(20)16(13(10)19)8-12(18)15-5-1-2-6-15/h10-11H,1-8H2/t10-,11+/m1/s1. The quantitative estimate of drug-likeness (QED) is 0.664. The van der Waals surface area contributed by atoms with Crippen LogP contribution in [-0.2, 0) is 19.2 Å². The maximum atomic E-state index is 12.2. The van der Waals surface area contributed by atoms with E-state index in [4.69, 9.17) is 0 Å². The van der Waals surface area contributed by atoms with Gasteiger partial charge in [-0.3, -0.25) is 24.1 Å². The molecule has 0 radical (unpaired) electrons. The van der Waals surface area contributed by atoms with Crippen LogP contribution in [0.2, 0.25) is 0 Å². The SMILES string of the molecule is O=C1CC[C@H]2C(=O)N(CC(=O)N3CCCC3)C(=O)[C@H]2C1. The lowest BCUT2D eigenvalue weighted by Crippen LogP contribution is -2.42. The first kappa shape index (κ1) is 13.3. The molecule has 0 unspecified atom stereocenters. The van der Waals surface area contributed by atoms with E-state index < -0.39 is 5.92 Å². The van der Waals surface area contributed by atoms with Gasteiger partial charge in [-0.2, -0.15) is 0 Å². The van der Waals surface area contributed by atoms with E-state index in [1.165, 1.54) is 0 Å². The van der Waals surface area contributed by atoms with Gasteiger partial charge in [0.25, 0.3) is 0 Å². The molecule has 2 heterocycles. The Hall–Kier alpha value is -1.72. The van der Waals surface area contributed by atoms with Crippen LogP contribution in [0, 0.1) is 11.8 Å². The van der Waals surface area contributed by atoms with Crippen LogP contribution in [0.4, 0.5) is 0 Å². The second kappa shape index (κ2) is 5.00. The first-order chi connectivity index (χ1) is 9.58. The van der Waals surface area contributed by atoms with E-state index in [1.54, 1.807) is 4.90 Å². The third-order valence-electron chi connectivity index (χ3n) is 4.59. The molecule has 1 aliphatic carbocycles. The van der Waals surface area contributed by atoms with Crippen molar-refractivity contribution in [1.82, 2.24) is 9.80 Å². The van der Waals surface area contributed by atoms with Gasteiger partial charge in [0.1, 0.15) is 12.3 Å². The number of fused-ring (bicyclic) bond motifs is 1. The maximum absolute atomic E-state index is 12.2. The molecule has 6 heteroatoms. The molecule has 20 heavy (non-hydrogen) atoms. The van der Waals surface area contributed by atoms with E-state index in [0.717, 1.165) is 17.7 Å². The summed E-state index contributed by atoms with van der Waals surface area (Å²) in [6.45, 7) is 1.26. The van der Waals surface area contributed by atoms with Crippen molar-refractivity contribution < 1.29 is 19.2 Å². The van der Waals surface area contributed by atoms with Gasteiger partial charge in [-0.25, -0.2) is 0 Å². The number of carbonyl (C=O) groups excluding carboxylic acids is 4. The number of hydrogen-bond donors (Lipinski definition) is 0. The summed E-state index contributed by atoms with van der Waals surface area (Å²) in [5, 5.41) is 0. The van der Waals surface area contributed by atoms with Gasteiger partial charge in [-0.1, -0.05) is 0 Å². The lowest BCUT2D eigenvalue weighted by Gasteiger charge is -2.19. The van der Waals surface area contributed by atoms with Gasteiger partial charge >= 0.3 is 0 Å². The molecule has 6 nitrogen and oxygen atoms in total. The van der Waals surface area contributed by atoms with Crippen LogP contribution in [-0.4, -0.2) is 52.9 Å². The Morgan fingerprint density at radius 1 is 1.05 bits per heavy atom. The zero-order valence-electron chi connectivity index (χ0n) is 11.3. The van der Waals surface area contributed by atoms with Crippen molar-refractivity contribution >= 4 is 23.5 Å². The number of nitrogens with zero attached hydrogens (tertiary/aromatic N) is 2. The third kappa shape index (κ3) is 2.13. The number of likely N-dealkylation sites (tertiary alicyclic amines) is 2. The summed E-state index contributed by atoms with van der Waals surface area (Å²) in [5.41, 5.74) is 0. The summed E-state index contributed by atoms with van der Waals surface area (Å²) >= 11 is 0. The molecule has 0 aromatic carbocycles. The molecule has 2 atom stereocenters. The summed E-state index contributed by atoms with van der Waals surface area (Å²) in [5.74, 6) is -1.61. The molecule has 3 rings (SSSR count). The Morgan fingerprint density at radius 2 is 1.70 bits per heavy atom. The van der Waals surface area contributed by atoms with Gasteiger partial charge < -0.3 is 4.90 Å². The van der Waals surface area contributed by atoms with Gasteiger partial charge in [-0.05, 0) is 19.3 Å². The summed E-state index contributed by atoms with van der Waals surface area (Å²) < 4.78 is 0. The van der Waals surface area contributed by atoms with Crippen molar-refractivity contribution in [3.63, 3.8) is 0 Å². The van der Waals surface area contributed by atoms with Crippen LogP contribution in [0.1, 0.15) is 32.1 Å². The average Bonchev–Trinajstić information content (AvgIpc) is 3.03. The van der Waals surface area contributed by atoms with E-state index in [9.17, 15) is 19.2 Å². The first-order valence-corrected chi connectivity index (χ1v) is 7.22. The van der Waals surface area contributed by atoms with Crippen molar-refractivity contribution in [3.05, 3.63) is 0 Å². The minimum atomic E-state index is -0.518. The Kier molecular flexibility index (Phi) is 3.31. The molecule has 0 aromatic heterocycles. The van der Waals surface area contributed by atoms with Gasteiger partial charge in [0.15, 0.2) is 0 Å². The highest BCUT2D eigenvalue weighted by atomic mass is 16.2. The molecule has 1 saturated carbocycles. The average molecular weight is 278 g/mol. The summed E-state index contributed by atoms with van der Waals surface area (Å²) in [6, 6.07) is 0. The predicted octanol–water partition coefficient (Wildman–Crippen LogP) is -0.0370. The van der Waals surface area contributed by atoms with Crippen LogP contribution in [0.15, 0.2) is 0 Å². The van der Waals surface area contributed by atoms with Gasteiger partial charge in [0, 0.05) is 25.9 Å². The second-order valence-corrected chi connectivity index (χ2v) is 5.84. The fourth-order valence-corrected chi connectivity index (χ4v) is 3.43. The topological polar surface area (TPSA) is 74.8 Å². The van der Waals surface area contributed by atoms with Gasteiger partial charge in [-0.15, -0.1) is 0 Å². The van der Waals surface area contributed by atoms with Crippen molar-refractivity contribution in [2.24, 2.45) is 11.8 Å². The maximum Gasteiger partial charge on any atom is 0.242 e. The smallest absolute Gasteiger partial charge is 0.242 e. The van der Waals surface area contributed by atoms with E-state index in [2.05, 4.69) is 0 Å². The fourth-order valence-electron chi connectivity index (χ4n) is 3.43. The second-order valence-electron chi connectivity index (χ2n) is 5.84. The normalized spacial score (nSPS) is 30.1. The fraction of sp³-hybridized carbons (Fsp3) is 0.714. The molecule has 0 bridgehead atoms. The molecule has 0 N–H and O–H groups in total. The zero-order valence-corrected chi connectivity index (χ0v) is 11.3. The van der Waals surface area contributed by atoms with Crippen LogP contribution in [0.3, 0.4) is 0 Å². The number of Topliss-reactive ketones (excluding diaryl/α,β-unsaturated/α-hetero) is 1. The van der Waals surface area contributed by atoms with Crippen LogP contribution < -0.4 is 0 Å². The molecule has 0 spiro atoms. The lowest BCUT2D eigenvalue weighted by atomic mass is 9.80. The number of ketones is 1. The molecule has 108 valence electrons. The van der Waals surface area contributed by atoms with Crippen molar-refractivity contribution in [3.8, 4) is 0 Å². The highest BCUT2D eigenvalue weighted by Crippen LogP contribution is 2.36. The van der Waals surface area contributed by atoms with E-state index in [-0.39, 0.29) is 42.4 Å². The minimum absolute atomic E-state index is 0.0418. The molecule has 2 aliphatic heterocycles. The van der Waals surface area contributed by atoms with Crippen LogP contribution >= 0.6 is 0 Å². The largest absolute Gasteiger partial charge is 0.341 e. The molecule has 3 fully saturated rings. The highest BCUT2D eigenvalue weighted by Gasteiger charge is 2.50. The van der Waals surface area contributed by atoms with Crippen LogP contribution in [0.25, 0.3) is 0 Å². The number of carbonyl (C=O) groups is 4. The Balaban J connectivity index is 1.70. The zero-order chi connectivity index (χ0) is 14.3. The summed E-state index contributed by atoms with van der Waals surface area (Å²) in [4.78, 5) is 50.8. The van der Waals surface area contributed by atoms with Crippen molar-refractivity contribution in [2.75, 3.05) is 19.6 Å². The Labute approximate surface area is 117 Å². The van der Waals surface area contributed by atoms with E-state index in [0.29, 0.717) is 25.9 Å². The summed E-state index contributed by atoms with van der Waals surface area (Å²) in [7, 11) is 0. The van der Waals surface area contributed by atoms with E-state index in [1.807, 2.05) is 0 Å². The number of amides is 3. The molecular formula is C14H18N2O4.